The average molecular weight is 758 g/mol. The maximum absolute atomic E-state index is 4.71. The van der Waals surface area contributed by atoms with Gasteiger partial charge in [0, 0.05) is 38.2 Å². The molecule has 0 saturated heterocycles. The molecule has 0 aliphatic heterocycles. The molecular formula is C33H24Br3N7. The predicted molar refractivity (Wildman–Crippen MR) is 178 cm³/mol. The highest BCUT2D eigenvalue weighted by molar-refractivity contribution is 9.11. The molecule has 212 valence electrons. The molecule has 10 heteroatoms. The first kappa shape index (κ1) is 29.4. The zero-order valence-electron chi connectivity index (χ0n) is 22.8. The zero-order valence-corrected chi connectivity index (χ0v) is 27.5. The Morgan fingerprint density at radius 2 is 0.721 bits per heavy atom. The van der Waals surface area contributed by atoms with Crippen LogP contribution in [0.3, 0.4) is 0 Å². The monoisotopic (exact) mass is 755 g/mol. The molecule has 7 nitrogen and oxygen atoms in total. The molecule has 0 bridgehead atoms. The van der Waals surface area contributed by atoms with E-state index < -0.39 is 0 Å². The summed E-state index contributed by atoms with van der Waals surface area (Å²) in [6.07, 6.45) is 5.77. The van der Waals surface area contributed by atoms with Gasteiger partial charge < -0.3 is 0 Å². The Hall–Kier alpha value is -3.70. The Bertz CT molecular complexity index is 1610. The lowest BCUT2D eigenvalue weighted by molar-refractivity contribution is 0.247. The van der Waals surface area contributed by atoms with Gasteiger partial charge in [0.25, 0.3) is 0 Å². The van der Waals surface area contributed by atoms with Crippen LogP contribution in [0.1, 0.15) is 16.7 Å². The number of halogens is 3. The van der Waals surface area contributed by atoms with Crippen molar-refractivity contribution in [3.8, 4) is 34.2 Å². The molecule has 0 N–H and O–H groups in total. The number of rotatable bonds is 9. The van der Waals surface area contributed by atoms with E-state index in [-0.39, 0.29) is 0 Å². The lowest BCUT2D eigenvalue weighted by Crippen LogP contribution is -2.22. The minimum absolute atomic E-state index is 0.697. The van der Waals surface area contributed by atoms with E-state index in [2.05, 4.69) is 85.8 Å². The molecule has 0 saturated carbocycles. The molecule has 0 aliphatic rings. The Morgan fingerprint density at radius 3 is 0.977 bits per heavy atom. The van der Waals surface area contributed by atoms with Crippen LogP contribution in [-0.2, 0) is 19.6 Å². The van der Waals surface area contributed by atoms with Crippen molar-refractivity contribution in [3.63, 3.8) is 0 Å². The number of nitrogens with zero attached hydrogens (tertiary/aromatic N) is 7. The van der Waals surface area contributed by atoms with Gasteiger partial charge in [0.05, 0.1) is 34.2 Å². The minimum atomic E-state index is 0.697. The van der Waals surface area contributed by atoms with Gasteiger partial charge in [0.15, 0.2) is 0 Å². The fraction of sp³-hybridized carbons (Fsp3) is 0.0909. The van der Waals surface area contributed by atoms with Crippen LogP contribution >= 0.6 is 47.8 Å². The molecule has 0 amide bonds. The first-order valence-electron chi connectivity index (χ1n) is 13.4. The molecule has 0 aromatic carbocycles. The van der Waals surface area contributed by atoms with E-state index >= 15 is 0 Å². The third kappa shape index (κ3) is 7.83. The van der Waals surface area contributed by atoms with Crippen molar-refractivity contribution in [1.82, 2.24) is 34.8 Å². The molecule has 0 atom stereocenters. The van der Waals surface area contributed by atoms with Crippen LogP contribution in [0.4, 0.5) is 0 Å². The van der Waals surface area contributed by atoms with Crippen LogP contribution in [0.15, 0.2) is 123 Å². The van der Waals surface area contributed by atoms with Crippen LogP contribution < -0.4 is 0 Å². The Balaban J connectivity index is 1.22. The molecule has 0 spiro atoms. The number of hydrogen-bond acceptors (Lipinski definition) is 7. The third-order valence-electron chi connectivity index (χ3n) is 6.63. The summed E-state index contributed by atoms with van der Waals surface area (Å²) in [4.78, 5) is 30.1. The van der Waals surface area contributed by atoms with Gasteiger partial charge >= 0.3 is 0 Å². The van der Waals surface area contributed by atoms with Gasteiger partial charge in [-0.05, 0) is 119 Å². The van der Waals surface area contributed by atoms with Gasteiger partial charge in [-0.2, -0.15) is 0 Å². The fourth-order valence-corrected chi connectivity index (χ4v) is 5.63. The van der Waals surface area contributed by atoms with E-state index in [1.54, 1.807) is 0 Å². The molecular weight excluding hydrogens is 734 g/mol. The van der Waals surface area contributed by atoms with E-state index in [0.29, 0.717) is 19.6 Å². The largest absolute Gasteiger partial charge is 0.290 e. The van der Waals surface area contributed by atoms with E-state index in [1.165, 1.54) is 0 Å². The summed E-state index contributed by atoms with van der Waals surface area (Å²) in [5, 5.41) is 0. The first-order chi connectivity index (χ1) is 21.0. The smallest absolute Gasteiger partial charge is 0.106 e. The minimum Gasteiger partial charge on any atom is -0.290 e. The van der Waals surface area contributed by atoms with Gasteiger partial charge in [-0.15, -0.1) is 0 Å². The predicted octanol–water partition coefficient (Wildman–Crippen LogP) is 8.55. The number of pyridine rings is 6. The summed E-state index contributed by atoms with van der Waals surface area (Å²) >= 11 is 10.3. The summed E-state index contributed by atoms with van der Waals surface area (Å²) < 4.78 is 2.35. The second-order valence-electron chi connectivity index (χ2n) is 9.84. The molecule has 0 aliphatic carbocycles. The second kappa shape index (κ2) is 13.7. The van der Waals surface area contributed by atoms with Gasteiger partial charge in [-0.3, -0.25) is 19.9 Å². The lowest BCUT2D eigenvalue weighted by Gasteiger charge is -2.23. The summed E-state index contributed by atoms with van der Waals surface area (Å²) in [6, 6.07) is 29.9. The maximum atomic E-state index is 4.71. The highest BCUT2D eigenvalue weighted by Crippen LogP contribution is 2.22. The van der Waals surface area contributed by atoms with Crippen LogP contribution in [0, 0.1) is 0 Å². The van der Waals surface area contributed by atoms with Crippen molar-refractivity contribution in [3.05, 3.63) is 140 Å². The third-order valence-corrected chi connectivity index (χ3v) is 7.95. The molecule has 43 heavy (non-hydrogen) atoms. The summed E-state index contributed by atoms with van der Waals surface area (Å²) in [5.74, 6) is 0. The topological polar surface area (TPSA) is 80.6 Å². The highest BCUT2D eigenvalue weighted by atomic mass is 79.9. The Labute approximate surface area is 274 Å². The first-order valence-corrected chi connectivity index (χ1v) is 15.8. The molecule has 0 unspecified atom stereocenters. The Morgan fingerprint density at radius 1 is 0.395 bits per heavy atom. The molecule has 0 radical (unpaired) electrons. The van der Waals surface area contributed by atoms with Crippen LogP contribution in [0.5, 0.6) is 0 Å². The highest BCUT2D eigenvalue weighted by Gasteiger charge is 2.12. The summed E-state index contributed by atoms with van der Waals surface area (Å²) in [7, 11) is 0. The summed E-state index contributed by atoms with van der Waals surface area (Å²) in [5.41, 5.74) is 8.29. The zero-order chi connectivity index (χ0) is 29.6. The van der Waals surface area contributed by atoms with Crippen molar-refractivity contribution in [2.45, 2.75) is 19.6 Å². The standard InChI is InChI=1S/C33H24Br3N7/c34-31-7-1-4-28(40-31)25-13-10-22(16-37-25)19-43(20-23-11-14-26(38-17-23)29-5-2-8-32(35)41-29)21-24-12-15-27(39-18-24)30-6-3-9-33(36)42-30/h1-18H,19-21H2. The average Bonchev–Trinajstić information content (AvgIpc) is 3.02. The number of aromatic nitrogens is 6. The fourth-order valence-electron chi connectivity index (χ4n) is 4.60. The normalized spacial score (nSPS) is 11.2. The van der Waals surface area contributed by atoms with Gasteiger partial charge in [0.1, 0.15) is 13.8 Å². The molecule has 6 rings (SSSR count). The van der Waals surface area contributed by atoms with Crippen LogP contribution in [-0.4, -0.2) is 34.8 Å². The maximum Gasteiger partial charge on any atom is 0.106 e. The van der Waals surface area contributed by atoms with Crippen molar-refractivity contribution in [1.29, 1.82) is 0 Å². The summed E-state index contributed by atoms with van der Waals surface area (Å²) in [6.45, 7) is 2.09. The van der Waals surface area contributed by atoms with Gasteiger partial charge in [0.2, 0.25) is 0 Å². The molecule has 6 aromatic rings. The van der Waals surface area contributed by atoms with Crippen LogP contribution in [0.25, 0.3) is 34.2 Å². The van der Waals surface area contributed by atoms with Crippen molar-refractivity contribution in [2.75, 3.05) is 0 Å². The van der Waals surface area contributed by atoms with Gasteiger partial charge in [-0.25, -0.2) is 15.0 Å². The van der Waals surface area contributed by atoms with Crippen molar-refractivity contribution in [2.24, 2.45) is 0 Å². The van der Waals surface area contributed by atoms with E-state index in [0.717, 1.165) is 64.7 Å². The molecule has 6 aromatic heterocycles. The quantitative estimate of drug-likeness (QED) is 0.137. The lowest BCUT2D eigenvalue weighted by atomic mass is 10.1. The van der Waals surface area contributed by atoms with Crippen molar-refractivity contribution >= 4 is 47.8 Å². The van der Waals surface area contributed by atoms with Crippen molar-refractivity contribution < 1.29 is 0 Å². The Kier molecular flexibility index (Phi) is 9.38. The van der Waals surface area contributed by atoms with Gasteiger partial charge in [-0.1, -0.05) is 36.4 Å². The molecule has 6 heterocycles. The number of hydrogen-bond donors (Lipinski definition) is 0. The van der Waals surface area contributed by atoms with Crippen LogP contribution in [0.2, 0.25) is 0 Å². The van der Waals surface area contributed by atoms with E-state index in [1.807, 2.05) is 91.4 Å². The SMILES string of the molecule is Brc1cccc(-c2ccc(CN(Cc3ccc(-c4cccc(Br)n4)nc3)Cc3ccc(-c4cccc(Br)n4)nc3)cn2)n1. The van der Waals surface area contributed by atoms with E-state index in [9.17, 15) is 0 Å². The van der Waals surface area contributed by atoms with E-state index in [4.69, 9.17) is 15.0 Å². The second-order valence-corrected chi connectivity index (χ2v) is 12.3. The molecule has 0 fully saturated rings.